The molecule has 0 aliphatic heterocycles. The van der Waals surface area contributed by atoms with Crippen molar-refractivity contribution in [3.8, 4) is 0 Å². The molecule has 0 bridgehead atoms. The van der Waals surface area contributed by atoms with Crippen molar-refractivity contribution in [2.75, 3.05) is 6.61 Å². The lowest BCUT2D eigenvalue weighted by Crippen LogP contribution is -2.41. The van der Waals surface area contributed by atoms with Crippen LogP contribution < -0.4 is 0 Å². The first-order valence-electron chi connectivity index (χ1n) is 13.5. The predicted molar refractivity (Wildman–Crippen MR) is 153 cm³/mol. The van der Waals surface area contributed by atoms with E-state index in [1.165, 1.54) is 11.1 Å². The maximum atomic E-state index is 12.4. The number of pyridine rings is 1. The van der Waals surface area contributed by atoms with Crippen LogP contribution in [0, 0.1) is 12.8 Å². The molecule has 5 heteroatoms. The molecule has 1 heterocycles. The van der Waals surface area contributed by atoms with Gasteiger partial charge in [-0.3, -0.25) is 14.6 Å². The van der Waals surface area contributed by atoms with E-state index in [0.29, 0.717) is 24.5 Å². The van der Waals surface area contributed by atoms with E-state index >= 15 is 0 Å². The van der Waals surface area contributed by atoms with E-state index in [1.54, 1.807) is 6.92 Å². The highest BCUT2D eigenvalue weighted by atomic mass is 28.4. The third-order valence-corrected chi connectivity index (χ3v) is 12.0. The Kier molecular flexibility index (Phi) is 10.8. The Balaban J connectivity index is 2.46. The number of aromatic nitrogens is 1. The van der Waals surface area contributed by atoms with E-state index in [0.717, 1.165) is 48.9 Å². The second-order valence-electron chi connectivity index (χ2n) is 12.0. The van der Waals surface area contributed by atoms with Crippen LogP contribution in [0.1, 0.15) is 105 Å². The zero-order valence-electron chi connectivity index (χ0n) is 24.0. The molecule has 0 unspecified atom stereocenters. The van der Waals surface area contributed by atoms with Crippen LogP contribution in [0.5, 0.6) is 0 Å². The number of rotatable bonds is 13. The fraction of sp³-hybridized carbons (Fsp3) is 0.581. The van der Waals surface area contributed by atoms with E-state index in [-0.39, 0.29) is 16.7 Å². The molecule has 4 nitrogen and oxygen atoms in total. The van der Waals surface area contributed by atoms with Crippen molar-refractivity contribution in [2.45, 2.75) is 105 Å². The maximum absolute atomic E-state index is 12.4. The molecule has 1 aromatic heterocycles. The van der Waals surface area contributed by atoms with Crippen LogP contribution in [0.4, 0.5) is 0 Å². The zero-order chi connectivity index (χ0) is 27.1. The maximum Gasteiger partial charge on any atom is 0.191 e. The summed E-state index contributed by atoms with van der Waals surface area (Å²) in [7, 11) is -1.83. The number of carbonyl (C=O) groups is 2. The van der Waals surface area contributed by atoms with Crippen molar-refractivity contribution in [2.24, 2.45) is 5.92 Å². The third-order valence-electron chi connectivity index (χ3n) is 7.53. The van der Waals surface area contributed by atoms with Crippen molar-refractivity contribution >= 4 is 20.4 Å². The molecule has 0 fully saturated rings. The van der Waals surface area contributed by atoms with Crippen LogP contribution in [0.15, 0.2) is 30.3 Å². The Labute approximate surface area is 220 Å². The quantitative estimate of drug-likeness (QED) is 0.204. The van der Waals surface area contributed by atoms with Crippen molar-refractivity contribution in [3.63, 3.8) is 0 Å². The van der Waals surface area contributed by atoms with Gasteiger partial charge in [-0.05, 0) is 80.4 Å². The molecule has 2 rings (SSSR count). The molecule has 0 aliphatic rings. The van der Waals surface area contributed by atoms with Gasteiger partial charge in [-0.15, -0.1) is 0 Å². The molecule has 1 aromatic carbocycles. The lowest BCUT2D eigenvalue weighted by molar-refractivity contribution is -0.117. The van der Waals surface area contributed by atoms with Crippen LogP contribution in [-0.4, -0.2) is 32.0 Å². The summed E-state index contributed by atoms with van der Waals surface area (Å²) in [5.74, 6) is 0.180. The number of unbranched alkanes of at least 4 members (excludes halogenated alkanes) is 1. The smallest absolute Gasteiger partial charge is 0.191 e. The predicted octanol–water partition coefficient (Wildman–Crippen LogP) is 7.86. The Hall–Kier alpha value is -2.11. The minimum atomic E-state index is -1.83. The highest BCUT2D eigenvalue weighted by Crippen LogP contribution is 2.37. The summed E-state index contributed by atoms with van der Waals surface area (Å²) in [6.07, 6.45) is 5.06. The summed E-state index contributed by atoms with van der Waals surface area (Å²) >= 11 is 0. The molecule has 2 aromatic rings. The monoisotopic (exact) mass is 509 g/mol. The third kappa shape index (κ3) is 8.21. The highest BCUT2D eigenvalue weighted by Gasteiger charge is 2.37. The van der Waals surface area contributed by atoms with Gasteiger partial charge in [-0.2, -0.15) is 0 Å². The van der Waals surface area contributed by atoms with Gasteiger partial charge in [-0.1, -0.05) is 64.8 Å². The van der Waals surface area contributed by atoms with E-state index in [4.69, 9.17) is 9.41 Å². The van der Waals surface area contributed by atoms with Gasteiger partial charge in [0.15, 0.2) is 14.6 Å². The number of aryl methyl sites for hydroxylation is 2. The van der Waals surface area contributed by atoms with Crippen molar-refractivity contribution in [3.05, 3.63) is 64.0 Å². The topological polar surface area (TPSA) is 56.3 Å². The number of ketones is 1. The molecule has 0 N–H and O–H groups in total. The van der Waals surface area contributed by atoms with Gasteiger partial charge in [0.2, 0.25) is 0 Å². The Morgan fingerprint density at radius 2 is 1.86 bits per heavy atom. The van der Waals surface area contributed by atoms with Crippen molar-refractivity contribution in [1.82, 2.24) is 4.98 Å². The number of hydrogen-bond acceptors (Lipinski definition) is 4. The molecule has 0 spiro atoms. The van der Waals surface area contributed by atoms with Crippen LogP contribution in [0.3, 0.4) is 0 Å². The van der Waals surface area contributed by atoms with Gasteiger partial charge in [0, 0.05) is 30.2 Å². The molecule has 198 valence electrons. The zero-order valence-corrected chi connectivity index (χ0v) is 25.0. The number of nitrogens with zero attached hydrogens (tertiary/aromatic N) is 1. The molecular weight excluding hydrogens is 462 g/mol. The fourth-order valence-corrected chi connectivity index (χ4v) is 5.43. The standard InChI is InChI=1S/C31H47NO3Si/c1-10-11-12-27-15-14-25(20-33)30(32-27)29(19-24(4)34)28-16-13-22(2)17-26(28)18-23(3)21-35-36(8,9)31(5,6)7/h13-17,20,23,29H,10-12,18-19,21H2,1-9H3/t23-,29+/m0/s1. The Morgan fingerprint density at radius 3 is 2.44 bits per heavy atom. The van der Waals surface area contributed by atoms with E-state index in [9.17, 15) is 9.59 Å². The summed E-state index contributed by atoms with van der Waals surface area (Å²) in [6.45, 7) is 20.2. The second kappa shape index (κ2) is 12.9. The summed E-state index contributed by atoms with van der Waals surface area (Å²) in [5.41, 5.74) is 5.78. The van der Waals surface area contributed by atoms with E-state index in [1.807, 2.05) is 12.1 Å². The normalized spacial score (nSPS) is 13.9. The fourth-order valence-electron chi connectivity index (χ4n) is 4.30. The van der Waals surface area contributed by atoms with Crippen molar-refractivity contribution < 1.29 is 14.0 Å². The lowest BCUT2D eigenvalue weighted by Gasteiger charge is -2.37. The summed E-state index contributed by atoms with van der Waals surface area (Å²) in [5, 5.41) is 0.174. The first-order chi connectivity index (χ1) is 16.8. The summed E-state index contributed by atoms with van der Waals surface area (Å²) < 4.78 is 6.52. The Bertz CT molecular complexity index is 1040. The van der Waals surface area contributed by atoms with Crippen LogP contribution in [-0.2, 0) is 22.1 Å². The minimum absolute atomic E-state index is 0.0958. The molecular formula is C31H47NO3Si. The lowest BCUT2D eigenvalue weighted by atomic mass is 9.82. The number of carbonyl (C=O) groups excluding carboxylic acids is 2. The second-order valence-corrected chi connectivity index (χ2v) is 16.8. The van der Waals surface area contributed by atoms with Gasteiger partial charge in [0.05, 0.1) is 5.69 Å². The van der Waals surface area contributed by atoms with Crippen LogP contribution in [0.2, 0.25) is 18.1 Å². The van der Waals surface area contributed by atoms with Gasteiger partial charge in [0.25, 0.3) is 0 Å². The number of Topliss-reactive ketones (excluding diaryl/α,β-unsaturated/α-hetero) is 1. The SMILES string of the molecule is CCCCc1ccc(C=O)c([C@H](CC(C)=O)c2ccc(C)cc2C[C@H](C)CO[Si](C)(C)C(C)(C)C)n1. The number of hydrogen-bond donors (Lipinski definition) is 0. The van der Waals surface area contributed by atoms with E-state index in [2.05, 4.69) is 72.8 Å². The first-order valence-corrected chi connectivity index (χ1v) is 16.4. The largest absolute Gasteiger partial charge is 0.417 e. The van der Waals surface area contributed by atoms with Crippen LogP contribution in [0.25, 0.3) is 0 Å². The minimum Gasteiger partial charge on any atom is -0.417 e. The molecule has 0 saturated carbocycles. The summed E-state index contributed by atoms with van der Waals surface area (Å²) in [4.78, 5) is 29.4. The molecule has 36 heavy (non-hydrogen) atoms. The Morgan fingerprint density at radius 1 is 1.17 bits per heavy atom. The number of benzene rings is 1. The summed E-state index contributed by atoms with van der Waals surface area (Å²) in [6, 6.07) is 10.3. The van der Waals surface area contributed by atoms with Gasteiger partial charge in [-0.25, -0.2) is 0 Å². The van der Waals surface area contributed by atoms with Gasteiger partial charge < -0.3 is 4.43 Å². The number of aldehydes is 1. The van der Waals surface area contributed by atoms with Crippen molar-refractivity contribution in [1.29, 1.82) is 0 Å². The first kappa shape index (κ1) is 30.1. The molecule has 0 amide bonds. The van der Waals surface area contributed by atoms with Gasteiger partial charge >= 0.3 is 0 Å². The average Bonchev–Trinajstić information content (AvgIpc) is 2.79. The van der Waals surface area contributed by atoms with Crippen LogP contribution >= 0.6 is 0 Å². The average molecular weight is 510 g/mol. The van der Waals surface area contributed by atoms with Gasteiger partial charge in [0.1, 0.15) is 5.78 Å². The van der Waals surface area contributed by atoms with E-state index < -0.39 is 8.32 Å². The molecule has 2 atom stereocenters. The molecule has 0 radical (unpaired) electrons. The molecule has 0 saturated heterocycles. The highest BCUT2D eigenvalue weighted by molar-refractivity contribution is 6.74. The molecule has 0 aliphatic carbocycles.